The predicted octanol–water partition coefficient (Wildman–Crippen LogP) is 0.270. The maximum atomic E-state index is 11.4. The zero-order valence-electron chi connectivity index (χ0n) is 10.4. The molecule has 3 N–H and O–H groups in total. The number of rotatable bonds is 6. The van der Waals surface area contributed by atoms with Crippen LogP contribution in [0.15, 0.2) is 30.3 Å². The first-order chi connectivity index (χ1) is 9.06. The fourth-order valence-corrected chi connectivity index (χ4v) is 1.29. The molecular weight excluding hydrogens is 250 g/mol. The molecule has 0 aromatic heterocycles. The first kappa shape index (κ1) is 14.7. The van der Waals surface area contributed by atoms with Crippen LogP contribution in [-0.2, 0) is 9.59 Å². The quantitative estimate of drug-likeness (QED) is 0.642. The van der Waals surface area contributed by atoms with Gasteiger partial charge in [0.25, 0.3) is 0 Å². The summed E-state index contributed by atoms with van der Waals surface area (Å²) in [5.41, 5.74) is 0.770. The molecular formula is C13H15NO5. The Bertz CT molecular complexity index is 466. The minimum absolute atomic E-state index is 0.586. The number of carboxylic acid groups (broad SMARTS) is 1. The standard InChI is InChI=1S/C13H15NO5/c1-19-10-5-2-9(3-6-10)4-7-12(16)14-11(8-15)13(17)18/h2-7,11,15H,8H2,1H3,(H,14,16)(H,17,18)/b7-4+/t11-/m1/s1. The number of hydrogen-bond acceptors (Lipinski definition) is 4. The smallest absolute Gasteiger partial charge is 0.328 e. The highest BCUT2D eigenvalue weighted by Gasteiger charge is 2.16. The number of aliphatic hydroxyl groups is 1. The molecule has 0 aliphatic heterocycles. The van der Waals surface area contributed by atoms with E-state index in [-0.39, 0.29) is 0 Å². The molecule has 1 aromatic carbocycles. The monoisotopic (exact) mass is 265 g/mol. The number of carbonyl (C=O) groups excluding carboxylic acids is 1. The van der Waals surface area contributed by atoms with Gasteiger partial charge in [-0.2, -0.15) is 0 Å². The number of ether oxygens (including phenoxy) is 1. The van der Waals surface area contributed by atoms with Crippen molar-refractivity contribution < 1.29 is 24.5 Å². The number of hydrogen-bond donors (Lipinski definition) is 3. The lowest BCUT2D eigenvalue weighted by molar-refractivity contribution is -0.142. The molecule has 0 bridgehead atoms. The van der Waals surface area contributed by atoms with Gasteiger partial charge in [-0.3, -0.25) is 4.79 Å². The van der Waals surface area contributed by atoms with Gasteiger partial charge in [0.1, 0.15) is 5.75 Å². The van der Waals surface area contributed by atoms with Crippen molar-refractivity contribution in [1.29, 1.82) is 0 Å². The average Bonchev–Trinajstić information content (AvgIpc) is 2.42. The van der Waals surface area contributed by atoms with E-state index in [4.69, 9.17) is 14.9 Å². The lowest BCUT2D eigenvalue weighted by atomic mass is 10.2. The molecule has 1 rings (SSSR count). The Morgan fingerprint density at radius 3 is 2.47 bits per heavy atom. The van der Waals surface area contributed by atoms with Crippen molar-refractivity contribution in [1.82, 2.24) is 5.32 Å². The molecule has 0 radical (unpaired) electrons. The molecule has 0 saturated heterocycles. The zero-order valence-corrected chi connectivity index (χ0v) is 10.4. The van der Waals surface area contributed by atoms with Crippen LogP contribution in [-0.4, -0.2) is 41.8 Å². The van der Waals surface area contributed by atoms with E-state index < -0.39 is 24.5 Å². The van der Waals surface area contributed by atoms with Gasteiger partial charge >= 0.3 is 5.97 Å². The van der Waals surface area contributed by atoms with Crippen molar-refractivity contribution in [2.75, 3.05) is 13.7 Å². The summed E-state index contributed by atoms with van der Waals surface area (Å²) in [6.07, 6.45) is 2.73. The van der Waals surface area contributed by atoms with Crippen molar-refractivity contribution in [3.05, 3.63) is 35.9 Å². The van der Waals surface area contributed by atoms with E-state index in [1.54, 1.807) is 31.4 Å². The van der Waals surface area contributed by atoms with E-state index in [0.29, 0.717) is 5.75 Å². The molecule has 19 heavy (non-hydrogen) atoms. The fraction of sp³-hybridized carbons (Fsp3) is 0.231. The van der Waals surface area contributed by atoms with Crippen LogP contribution in [0.3, 0.4) is 0 Å². The summed E-state index contributed by atoms with van der Waals surface area (Å²) in [7, 11) is 1.55. The first-order valence-corrected chi connectivity index (χ1v) is 5.53. The van der Waals surface area contributed by atoms with Crippen LogP contribution in [0, 0.1) is 0 Å². The molecule has 1 aromatic rings. The Balaban J connectivity index is 2.59. The third-order valence-electron chi connectivity index (χ3n) is 2.34. The van der Waals surface area contributed by atoms with E-state index in [1.165, 1.54) is 12.2 Å². The molecule has 0 fully saturated rings. The molecule has 6 nitrogen and oxygen atoms in total. The number of benzene rings is 1. The Morgan fingerprint density at radius 1 is 1.37 bits per heavy atom. The van der Waals surface area contributed by atoms with Gasteiger partial charge in [-0.05, 0) is 23.8 Å². The third kappa shape index (κ3) is 4.81. The van der Waals surface area contributed by atoms with Crippen LogP contribution in [0.1, 0.15) is 5.56 Å². The van der Waals surface area contributed by atoms with E-state index in [1.807, 2.05) is 0 Å². The second-order valence-electron chi connectivity index (χ2n) is 3.69. The Kier molecular flexibility index (Phi) is 5.56. The summed E-state index contributed by atoms with van der Waals surface area (Å²) in [6, 6.07) is 5.69. The highest BCUT2D eigenvalue weighted by molar-refractivity contribution is 5.94. The van der Waals surface area contributed by atoms with Crippen molar-refractivity contribution in [3.8, 4) is 5.75 Å². The Hall–Kier alpha value is -2.34. The topological polar surface area (TPSA) is 95.9 Å². The number of nitrogens with one attached hydrogen (secondary N) is 1. The summed E-state index contributed by atoms with van der Waals surface area (Å²) in [5, 5.41) is 19.6. The average molecular weight is 265 g/mol. The van der Waals surface area contributed by atoms with E-state index >= 15 is 0 Å². The number of amides is 1. The number of aliphatic hydroxyl groups excluding tert-OH is 1. The minimum atomic E-state index is -1.30. The molecule has 1 amide bonds. The molecule has 0 aliphatic rings. The highest BCUT2D eigenvalue weighted by atomic mass is 16.5. The van der Waals surface area contributed by atoms with Crippen LogP contribution in [0.25, 0.3) is 6.08 Å². The van der Waals surface area contributed by atoms with Crippen LogP contribution in [0.5, 0.6) is 5.75 Å². The molecule has 102 valence electrons. The van der Waals surface area contributed by atoms with Gasteiger partial charge < -0.3 is 20.3 Å². The summed E-state index contributed by atoms with van der Waals surface area (Å²) in [6.45, 7) is -0.655. The second-order valence-corrected chi connectivity index (χ2v) is 3.69. The van der Waals surface area contributed by atoms with Crippen molar-refractivity contribution in [3.63, 3.8) is 0 Å². The lowest BCUT2D eigenvalue weighted by Gasteiger charge is -2.09. The van der Waals surface area contributed by atoms with Gasteiger partial charge in [-0.25, -0.2) is 4.79 Å². The minimum Gasteiger partial charge on any atom is -0.497 e. The first-order valence-electron chi connectivity index (χ1n) is 5.53. The van der Waals surface area contributed by atoms with Crippen LogP contribution in [0.2, 0.25) is 0 Å². The highest BCUT2D eigenvalue weighted by Crippen LogP contribution is 2.12. The maximum absolute atomic E-state index is 11.4. The Morgan fingerprint density at radius 2 is 2.00 bits per heavy atom. The molecule has 0 aliphatic carbocycles. The molecule has 0 unspecified atom stereocenters. The number of carboxylic acids is 1. The van der Waals surface area contributed by atoms with E-state index in [2.05, 4.69) is 5.32 Å². The molecule has 0 spiro atoms. The number of methoxy groups -OCH3 is 1. The van der Waals surface area contributed by atoms with Gasteiger partial charge in [0.15, 0.2) is 6.04 Å². The Labute approximate surface area is 110 Å². The number of aliphatic carboxylic acids is 1. The molecule has 1 atom stereocenters. The SMILES string of the molecule is COc1ccc(/C=C/C(=O)N[C@H](CO)C(=O)O)cc1. The zero-order chi connectivity index (χ0) is 14.3. The van der Waals surface area contributed by atoms with Gasteiger partial charge in [0.2, 0.25) is 5.91 Å². The van der Waals surface area contributed by atoms with Gasteiger partial charge in [0, 0.05) is 6.08 Å². The van der Waals surface area contributed by atoms with Crippen LogP contribution in [0.4, 0.5) is 0 Å². The van der Waals surface area contributed by atoms with Gasteiger partial charge in [-0.15, -0.1) is 0 Å². The fourth-order valence-electron chi connectivity index (χ4n) is 1.29. The lowest BCUT2D eigenvalue weighted by Crippen LogP contribution is -2.42. The van der Waals surface area contributed by atoms with Crippen LogP contribution < -0.4 is 10.1 Å². The summed E-state index contributed by atoms with van der Waals surface area (Å²) < 4.78 is 4.99. The van der Waals surface area contributed by atoms with Crippen molar-refractivity contribution >= 4 is 18.0 Å². The summed E-state index contributed by atoms with van der Waals surface area (Å²) in [5.74, 6) is -1.17. The van der Waals surface area contributed by atoms with Gasteiger partial charge in [-0.1, -0.05) is 12.1 Å². The third-order valence-corrected chi connectivity index (χ3v) is 2.34. The normalized spacial score (nSPS) is 12.1. The van der Waals surface area contributed by atoms with E-state index in [0.717, 1.165) is 5.56 Å². The molecule has 0 heterocycles. The second kappa shape index (κ2) is 7.17. The van der Waals surface area contributed by atoms with Crippen molar-refractivity contribution in [2.24, 2.45) is 0 Å². The number of carbonyl (C=O) groups is 2. The van der Waals surface area contributed by atoms with Crippen LogP contribution >= 0.6 is 0 Å². The molecule has 6 heteroatoms. The van der Waals surface area contributed by atoms with E-state index in [9.17, 15) is 9.59 Å². The summed E-state index contributed by atoms with van der Waals surface area (Å²) in [4.78, 5) is 22.0. The van der Waals surface area contributed by atoms with Crippen molar-refractivity contribution in [2.45, 2.75) is 6.04 Å². The largest absolute Gasteiger partial charge is 0.497 e. The van der Waals surface area contributed by atoms with Gasteiger partial charge in [0.05, 0.1) is 13.7 Å². The maximum Gasteiger partial charge on any atom is 0.328 e. The predicted molar refractivity (Wildman–Crippen MR) is 68.7 cm³/mol. The molecule has 0 saturated carbocycles. The summed E-state index contributed by atoms with van der Waals surface area (Å²) >= 11 is 0.